The molecule has 2 aromatic carbocycles. The van der Waals surface area contributed by atoms with Crippen LogP contribution in [-0.4, -0.2) is 26.3 Å². The van der Waals surface area contributed by atoms with Crippen molar-refractivity contribution in [2.75, 3.05) is 0 Å². The maximum atomic E-state index is 5.94. The Morgan fingerprint density at radius 1 is 0.871 bits per heavy atom. The molecule has 0 aliphatic heterocycles. The fraction of sp³-hybridized carbons (Fsp3) is 0.308. The Morgan fingerprint density at radius 2 is 1.48 bits per heavy atom. The minimum Gasteiger partial charge on any atom is -0.491 e. The largest absolute Gasteiger partial charge is 0.491 e. The van der Waals surface area contributed by atoms with Gasteiger partial charge in [-0.2, -0.15) is 5.10 Å². The van der Waals surface area contributed by atoms with Crippen LogP contribution < -0.4 is 9.47 Å². The highest BCUT2D eigenvalue weighted by Gasteiger charge is 2.14. The molecule has 0 saturated carbocycles. The Bertz CT molecular complexity index is 1180. The quantitative estimate of drug-likeness (QED) is 0.382. The Balaban J connectivity index is 1.69. The predicted molar refractivity (Wildman–Crippen MR) is 125 cm³/mol. The molecule has 2 heterocycles. The van der Waals surface area contributed by atoms with Crippen molar-refractivity contribution in [3.8, 4) is 34.0 Å². The highest BCUT2D eigenvalue weighted by molar-refractivity contribution is 5.69. The van der Waals surface area contributed by atoms with Crippen molar-refractivity contribution in [1.29, 1.82) is 0 Å². The van der Waals surface area contributed by atoms with Crippen molar-refractivity contribution < 1.29 is 9.47 Å². The molecule has 5 heteroatoms. The molecule has 0 atom stereocenters. The summed E-state index contributed by atoms with van der Waals surface area (Å²) < 4.78 is 13.6. The monoisotopic (exact) mass is 415 g/mol. The molecular weight excluding hydrogens is 386 g/mol. The maximum absolute atomic E-state index is 5.94. The average molecular weight is 416 g/mol. The first kappa shape index (κ1) is 20.9. The zero-order chi connectivity index (χ0) is 22.2. The first-order valence-electron chi connectivity index (χ1n) is 10.6. The molecule has 0 spiro atoms. The van der Waals surface area contributed by atoms with Crippen LogP contribution in [0.3, 0.4) is 0 Å². The average Bonchev–Trinajstić information content (AvgIpc) is 3.09. The molecule has 0 amide bonds. The first-order chi connectivity index (χ1) is 14.7. The van der Waals surface area contributed by atoms with Crippen LogP contribution in [0.25, 0.3) is 28.2 Å². The lowest BCUT2D eigenvalue weighted by atomic mass is 10.1. The van der Waals surface area contributed by atoms with Crippen LogP contribution in [0.4, 0.5) is 0 Å². The second kappa shape index (κ2) is 8.06. The van der Waals surface area contributed by atoms with Gasteiger partial charge in [-0.3, -0.25) is 0 Å². The van der Waals surface area contributed by atoms with E-state index in [1.165, 1.54) is 0 Å². The van der Waals surface area contributed by atoms with Crippen LogP contribution >= 0.6 is 0 Å². The normalized spacial score (nSPS) is 11.8. The van der Waals surface area contributed by atoms with Crippen molar-refractivity contribution in [2.24, 2.45) is 0 Å². The summed E-state index contributed by atoms with van der Waals surface area (Å²) in [6, 6.07) is 18.2. The Labute approximate surface area is 183 Å². The predicted octanol–water partition coefficient (Wildman–Crippen LogP) is 6.34. The molecule has 0 unspecified atom stereocenters. The van der Waals surface area contributed by atoms with Crippen LogP contribution in [-0.2, 0) is 0 Å². The van der Waals surface area contributed by atoms with Gasteiger partial charge in [0, 0.05) is 11.1 Å². The van der Waals surface area contributed by atoms with Gasteiger partial charge in [-0.05, 0) is 102 Å². The van der Waals surface area contributed by atoms with Gasteiger partial charge < -0.3 is 9.47 Å². The molecule has 4 aromatic rings. The summed E-state index contributed by atoms with van der Waals surface area (Å²) >= 11 is 0. The van der Waals surface area contributed by atoms with Crippen molar-refractivity contribution in [1.82, 2.24) is 14.6 Å². The SMILES string of the molecule is Cc1cc2ncc(-c3ccc(OC(C)(C)C)cc3)n2nc1-c1ccc(OC(C)C)cc1. The Kier molecular flexibility index (Phi) is 5.44. The smallest absolute Gasteiger partial charge is 0.154 e. The van der Waals surface area contributed by atoms with Gasteiger partial charge in [0.05, 0.1) is 23.7 Å². The van der Waals surface area contributed by atoms with E-state index in [0.717, 1.165) is 45.2 Å². The van der Waals surface area contributed by atoms with Crippen LogP contribution in [0.2, 0.25) is 0 Å². The second-order valence-electron chi connectivity index (χ2n) is 9.02. The summed E-state index contributed by atoms with van der Waals surface area (Å²) in [4.78, 5) is 4.57. The molecule has 0 aliphatic carbocycles. The molecule has 4 rings (SSSR count). The zero-order valence-corrected chi connectivity index (χ0v) is 19.0. The van der Waals surface area contributed by atoms with Crippen LogP contribution in [0.1, 0.15) is 40.2 Å². The van der Waals surface area contributed by atoms with E-state index >= 15 is 0 Å². The van der Waals surface area contributed by atoms with E-state index in [-0.39, 0.29) is 11.7 Å². The number of fused-ring (bicyclic) bond motifs is 1. The lowest BCUT2D eigenvalue weighted by Crippen LogP contribution is -2.22. The summed E-state index contributed by atoms with van der Waals surface area (Å²) in [5, 5.41) is 4.94. The van der Waals surface area contributed by atoms with Gasteiger partial charge in [-0.1, -0.05) is 0 Å². The van der Waals surface area contributed by atoms with Crippen LogP contribution in [0.15, 0.2) is 60.8 Å². The number of hydrogen-bond donors (Lipinski definition) is 0. The van der Waals surface area contributed by atoms with E-state index in [9.17, 15) is 0 Å². The molecule has 31 heavy (non-hydrogen) atoms. The lowest BCUT2D eigenvalue weighted by Gasteiger charge is -2.21. The topological polar surface area (TPSA) is 48.7 Å². The fourth-order valence-corrected chi connectivity index (χ4v) is 3.50. The number of rotatable bonds is 5. The summed E-state index contributed by atoms with van der Waals surface area (Å²) in [7, 11) is 0. The van der Waals surface area contributed by atoms with Crippen molar-refractivity contribution in [3.63, 3.8) is 0 Å². The third kappa shape index (κ3) is 4.71. The molecule has 0 N–H and O–H groups in total. The van der Waals surface area contributed by atoms with Crippen molar-refractivity contribution >= 4 is 5.65 Å². The Hall–Kier alpha value is -3.34. The third-order valence-electron chi connectivity index (χ3n) is 4.76. The molecule has 0 fully saturated rings. The van der Waals surface area contributed by atoms with Gasteiger partial charge >= 0.3 is 0 Å². The van der Waals surface area contributed by atoms with E-state index in [1.807, 2.05) is 93.9 Å². The minimum absolute atomic E-state index is 0.149. The standard InChI is InChI=1S/C26H29N3O2/c1-17(2)30-21-11-9-20(10-12-21)25-18(3)15-24-27-16-23(29(24)28-25)19-7-13-22(14-8-19)31-26(4,5)6/h7-17H,1-6H3. The molecule has 2 aromatic heterocycles. The van der Waals surface area contributed by atoms with Crippen molar-refractivity contribution in [2.45, 2.75) is 53.2 Å². The Morgan fingerprint density at radius 3 is 2.10 bits per heavy atom. The second-order valence-corrected chi connectivity index (χ2v) is 9.02. The van der Waals surface area contributed by atoms with E-state index in [1.54, 1.807) is 0 Å². The van der Waals surface area contributed by atoms with Crippen LogP contribution in [0.5, 0.6) is 11.5 Å². The van der Waals surface area contributed by atoms with Gasteiger partial charge in [-0.15, -0.1) is 0 Å². The highest BCUT2D eigenvalue weighted by Crippen LogP contribution is 2.28. The molecule has 160 valence electrons. The third-order valence-corrected chi connectivity index (χ3v) is 4.76. The molecular formula is C26H29N3O2. The summed E-state index contributed by atoms with van der Waals surface area (Å²) in [6.45, 7) is 12.2. The summed E-state index contributed by atoms with van der Waals surface area (Å²) in [5.74, 6) is 1.71. The fourth-order valence-electron chi connectivity index (χ4n) is 3.50. The van der Waals surface area contributed by atoms with Gasteiger partial charge in [0.1, 0.15) is 17.1 Å². The number of imidazole rings is 1. The van der Waals surface area contributed by atoms with Gasteiger partial charge in [-0.25, -0.2) is 9.50 Å². The van der Waals surface area contributed by atoms with Gasteiger partial charge in [0.15, 0.2) is 5.65 Å². The number of ether oxygens (including phenoxy) is 2. The number of nitrogens with zero attached hydrogens (tertiary/aromatic N) is 3. The summed E-state index contributed by atoms with van der Waals surface area (Å²) in [6.07, 6.45) is 2.01. The van der Waals surface area contributed by atoms with Crippen LogP contribution in [0, 0.1) is 6.92 Å². The molecule has 5 nitrogen and oxygen atoms in total. The zero-order valence-electron chi connectivity index (χ0n) is 19.0. The molecule has 0 aliphatic rings. The highest BCUT2D eigenvalue weighted by atomic mass is 16.5. The minimum atomic E-state index is -0.228. The molecule has 0 radical (unpaired) electrons. The summed E-state index contributed by atoms with van der Waals surface area (Å²) in [5.41, 5.74) is 5.63. The van der Waals surface area contributed by atoms with Gasteiger partial charge in [0.2, 0.25) is 0 Å². The number of benzene rings is 2. The first-order valence-corrected chi connectivity index (χ1v) is 10.6. The number of aryl methyl sites for hydroxylation is 1. The number of hydrogen-bond acceptors (Lipinski definition) is 4. The maximum Gasteiger partial charge on any atom is 0.154 e. The molecule has 0 bridgehead atoms. The van der Waals surface area contributed by atoms with E-state index < -0.39 is 0 Å². The van der Waals surface area contributed by atoms with E-state index in [2.05, 4.69) is 18.0 Å². The van der Waals surface area contributed by atoms with E-state index in [4.69, 9.17) is 14.6 Å². The molecule has 0 saturated heterocycles. The van der Waals surface area contributed by atoms with Gasteiger partial charge in [0.25, 0.3) is 0 Å². The van der Waals surface area contributed by atoms with E-state index in [0.29, 0.717) is 0 Å². The number of aromatic nitrogens is 3. The van der Waals surface area contributed by atoms with Crippen molar-refractivity contribution in [3.05, 3.63) is 66.4 Å². The lowest BCUT2D eigenvalue weighted by molar-refractivity contribution is 0.131.